The Labute approximate surface area is 101 Å². The van der Waals surface area contributed by atoms with Crippen molar-refractivity contribution in [3.05, 3.63) is 47.1 Å². The Bertz CT molecular complexity index is 488. The second-order valence-corrected chi connectivity index (χ2v) is 4.25. The largest absolute Gasteiger partial charge is 0.344 e. The Hall–Kier alpha value is -1.25. The first-order chi connectivity index (χ1) is 7.72. The van der Waals surface area contributed by atoms with E-state index < -0.39 is 0 Å². The van der Waals surface area contributed by atoms with Crippen LogP contribution in [0.1, 0.15) is 5.69 Å². The van der Waals surface area contributed by atoms with E-state index in [1.165, 1.54) is 11.4 Å². The zero-order valence-corrected chi connectivity index (χ0v) is 10.0. The fourth-order valence-electron chi connectivity index (χ4n) is 1.90. The van der Waals surface area contributed by atoms with E-state index in [1.54, 1.807) is 0 Å². The molecule has 84 valence electrons. The predicted molar refractivity (Wildman–Crippen MR) is 68.7 cm³/mol. The van der Waals surface area contributed by atoms with Gasteiger partial charge in [0.05, 0.1) is 0 Å². The average molecular weight is 235 g/mol. The highest BCUT2D eigenvalue weighted by atomic mass is 35.5. The molecule has 0 aliphatic heterocycles. The smallest absolute Gasteiger partial charge is 0.0483 e. The molecule has 2 aromatic rings. The number of nitrogens with two attached hydrogens (primary N) is 1. The van der Waals surface area contributed by atoms with Crippen molar-refractivity contribution in [2.75, 3.05) is 6.54 Å². The summed E-state index contributed by atoms with van der Waals surface area (Å²) in [6.07, 6.45) is 0. The van der Waals surface area contributed by atoms with E-state index in [0.717, 1.165) is 17.1 Å². The predicted octanol–water partition coefficient (Wildman–Crippen LogP) is 3.08. The summed E-state index contributed by atoms with van der Waals surface area (Å²) < 4.78 is 2.21. The summed E-state index contributed by atoms with van der Waals surface area (Å²) >= 11 is 6.00. The Morgan fingerprint density at radius 3 is 2.75 bits per heavy atom. The monoisotopic (exact) mass is 234 g/mol. The van der Waals surface area contributed by atoms with Crippen LogP contribution in [0.15, 0.2) is 36.4 Å². The fourth-order valence-corrected chi connectivity index (χ4v) is 2.09. The van der Waals surface area contributed by atoms with Crippen LogP contribution in [0.2, 0.25) is 5.02 Å². The Kier molecular flexibility index (Phi) is 3.32. The molecule has 0 radical (unpaired) electrons. The molecule has 1 aromatic carbocycles. The second-order valence-electron chi connectivity index (χ2n) is 3.81. The first-order valence-electron chi connectivity index (χ1n) is 5.34. The van der Waals surface area contributed by atoms with E-state index in [-0.39, 0.29) is 0 Å². The molecule has 0 atom stereocenters. The summed E-state index contributed by atoms with van der Waals surface area (Å²) in [6, 6.07) is 12.1. The number of rotatable bonds is 3. The molecule has 16 heavy (non-hydrogen) atoms. The van der Waals surface area contributed by atoms with E-state index in [0.29, 0.717) is 6.54 Å². The number of halogens is 1. The number of hydrogen-bond donors (Lipinski definition) is 1. The van der Waals surface area contributed by atoms with E-state index >= 15 is 0 Å². The number of nitrogens with zero attached hydrogens (tertiary/aromatic N) is 1. The van der Waals surface area contributed by atoms with Crippen molar-refractivity contribution in [3.8, 4) is 11.3 Å². The fraction of sp³-hybridized carbons (Fsp3) is 0.231. The molecule has 3 heteroatoms. The quantitative estimate of drug-likeness (QED) is 0.870. The summed E-state index contributed by atoms with van der Waals surface area (Å²) in [5, 5.41) is 0.760. The Morgan fingerprint density at radius 1 is 1.25 bits per heavy atom. The van der Waals surface area contributed by atoms with Crippen LogP contribution >= 0.6 is 11.6 Å². The van der Waals surface area contributed by atoms with Crippen LogP contribution in [0.25, 0.3) is 11.3 Å². The molecule has 0 aliphatic carbocycles. The summed E-state index contributed by atoms with van der Waals surface area (Å²) in [6.45, 7) is 3.56. The van der Waals surface area contributed by atoms with Crippen molar-refractivity contribution in [1.29, 1.82) is 0 Å². The molecule has 2 nitrogen and oxygen atoms in total. The summed E-state index contributed by atoms with van der Waals surface area (Å²) in [4.78, 5) is 0. The van der Waals surface area contributed by atoms with Crippen molar-refractivity contribution in [1.82, 2.24) is 4.57 Å². The number of aryl methyl sites for hydroxylation is 1. The van der Waals surface area contributed by atoms with Gasteiger partial charge in [-0.05, 0) is 36.8 Å². The Balaban J connectivity index is 2.47. The van der Waals surface area contributed by atoms with E-state index in [4.69, 9.17) is 17.3 Å². The highest BCUT2D eigenvalue weighted by Gasteiger charge is 2.06. The molecule has 0 unspecified atom stereocenters. The van der Waals surface area contributed by atoms with Crippen LogP contribution in [-0.4, -0.2) is 11.1 Å². The van der Waals surface area contributed by atoms with Crippen molar-refractivity contribution in [2.24, 2.45) is 5.73 Å². The van der Waals surface area contributed by atoms with Crippen LogP contribution in [-0.2, 0) is 6.54 Å². The lowest BCUT2D eigenvalue weighted by Gasteiger charge is -2.10. The zero-order valence-electron chi connectivity index (χ0n) is 9.28. The summed E-state index contributed by atoms with van der Waals surface area (Å²) in [7, 11) is 0. The Morgan fingerprint density at radius 2 is 2.06 bits per heavy atom. The number of hydrogen-bond acceptors (Lipinski definition) is 1. The minimum Gasteiger partial charge on any atom is -0.344 e. The van der Waals surface area contributed by atoms with Gasteiger partial charge in [-0.15, -0.1) is 0 Å². The molecule has 0 amide bonds. The van der Waals surface area contributed by atoms with Crippen molar-refractivity contribution in [2.45, 2.75) is 13.5 Å². The normalized spacial score (nSPS) is 10.7. The lowest BCUT2D eigenvalue weighted by Crippen LogP contribution is -2.11. The third-order valence-corrected chi connectivity index (χ3v) is 2.91. The summed E-state index contributed by atoms with van der Waals surface area (Å²) in [5.41, 5.74) is 9.15. The molecular formula is C13H15ClN2. The van der Waals surface area contributed by atoms with Gasteiger partial charge >= 0.3 is 0 Å². The third kappa shape index (κ3) is 2.13. The molecule has 1 aromatic heterocycles. The van der Waals surface area contributed by atoms with Gasteiger partial charge in [0.25, 0.3) is 0 Å². The van der Waals surface area contributed by atoms with Crippen LogP contribution in [0.5, 0.6) is 0 Å². The minimum absolute atomic E-state index is 0.642. The maximum Gasteiger partial charge on any atom is 0.0483 e. The van der Waals surface area contributed by atoms with E-state index in [9.17, 15) is 0 Å². The molecule has 0 saturated carbocycles. The standard InChI is InChI=1S/C13H15ClN2/c1-10-5-6-13(16(10)8-7-15)11-3-2-4-12(14)9-11/h2-6,9H,7-8,15H2,1H3. The van der Waals surface area contributed by atoms with Gasteiger partial charge in [0.15, 0.2) is 0 Å². The van der Waals surface area contributed by atoms with Gasteiger partial charge in [0, 0.05) is 29.5 Å². The molecule has 0 fully saturated rings. The van der Waals surface area contributed by atoms with Crippen LogP contribution in [0.4, 0.5) is 0 Å². The van der Waals surface area contributed by atoms with Gasteiger partial charge in [-0.25, -0.2) is 0 Å². The molecule has 0 aliphatic rings. The lowest BCUT2D eigenvalue weighted by molar-refractivity contribution is 0.700. The third-order valence-electron chi connectivity index (χ3n) is 2.67. The maximum atomic E-state index is 6.00. The minimum atomic E-state index is 0.642. The molecule has 1 heterocycles. The van der Waals surface area contributed by atoms with Gasteiger partial charge in [-0.2, -0.15) is 0 Å². The molecule has 2 N–H and O–H groups in total. The first kappa shape index (κ1) is 11.2. The SMILES string of the molecule is Cc1ccc(-c2cccc(Cl)c2)n1CCN. The molecule has 0 bridgehead atoms. The summed E-state index contributed by atoms with van der Waals surface area (Å²) in [5.74, 6) is 0. The van der Waals surface area contributed by atoms with Gasteiger partial charge < -0.3 is 10.3 Å². The topological polar surface area (TPSA) is 30.9 Å². The van der Waals surface area contributed by atoms with Crippen LogP contribution in [0, 0.1) is 6.92 Å². The van der Waals surface area contributed by atoms with Gasteiger partial charge in [-0.1, -0.05) is 23.7 Å². The lowest BCUT2D eigenvalue weighted by atomic mass is 10.1. The molecule has 0 saturated heterocycles. The average Bonchev–Trinajstić information content (AvgIpc) is 2.61. The van der Waals surface area contributed by atoms with Gasteiger partial charge in [0.1, 0.15) is 0 Å². The highest BCUT2D eigenvalue weighted by Crippen LogP contribution is 2.24. The van der Waals surface area contributed by atoms with Crippen LogP contribution in [0.3, 0.4) is 0 Å². The number of aromatic nitrogens is 1. The van der Waals surface area contributed by atoms with Gasteiger partial charge in [-0.3, -0.25) is 0 Å². The molecule has 0 spiro atoms. The molecule has 2 rings (SSSR count). The molecular weight excluding hydrogens is 220 g/mol. The van der Waals surface area contributed by atoms with Crippen LogP contribution < -0.4 is 5.73 Å². The van der Waals surface area contributed by atoms with Gasteiger partial charge in [0.2, 0.25) is 0 Å². The van der Waals surface area contributed by atoms with Crippen molar-refractivity contribution in [3.63, 3.8) is 0 Å². The van der Waals surface area contributed by atoms with E-state index in [2.05, 4.69) is 29.7 Å². The zero-order chi connectivity index (χ0) is 11.5. The maximum absolute atomic E-state index is 6.00. The second kappa shape index (κ2) is 4.73. The first-order valence-corrected chi connectivity index (χ1v) is 5.72. The highest BCUT2D eigenvalue weighted by molar-refractivity contribution is 6.30. The number of benzene rings is 1. The van der Waals surface area contributed by atoms with E-state index in [1.807, 2.05) is 18.2 Å². The van der Waals surface area contributed by atoms with Crippen molar-refractivity contribution < 1.29 is 0 Å². The van der Waals surface area contributed by atoms with Crippen molar-refractivity contribution >= 4 is 11.6 Å².